The molecule has 1 amide bonds. The standard InChI is InChI=1S/C20H18N4O/c1-23-10-11-24(19-5-3-2-4-18(19)23)20(25)17(14-22)12-15-6-8-16(13-21)9-7-15/h2-9,17H,10-12H2,1H3. The Balaban J connectivity index is 1.82. The van der Waals surface area contributed by atoms with E-state index >= 15 is 0 Å². The van der Waals surface area contributed by atoms with Gasteiger partial charge in [-0.2, -0.15) is 10.5 Å². The quantitative estimate of drug-likeness (QED) is 0.867. The summed E-state index contributed by atoms with van der Waals surface area (Å²) in [6, 6.07) is 19.0. The minimum Gasteiger partial charge on any atom is -0.371 e. The highest BCUT2D eigenvalue weighted by Gasteiger charge is 2.30. The average molecular weight is 330 g/mol. The van der Waals surface area contributed by atoms with E-state index in [1.165, 1.54) is 0 Å². The number of hydrogen-bond acceptors (Lipinski definition) is 4. The number of likely N-dealkylation sites (N-methyl/N-ethyl adjacent to an activating group) is 1. The first kappa shape index (κ1) is 16.5. The molecule has 3 rings (SSSR count). The number of nitriles is 2. The molecule has 1 atom stereocenters. The van der Waals surface area contributed by atoms with Crippen molar-refractivity contribution in [2.75, 3.05) is 29.9 Å². The molecule has 0 radical (unpaired) electrons. The first-order chi connectivity index (χ1) is 12.1. The Labute approximate surface area is 147 Å². The number of carbonyl (C=O) groups is 1. The van der Waals surface area contributed by atoms with Gasteiger partial charge in [-0.15, -0.1) is 0 Å². The molecule has 1 unspecified atom stereocenters. The molecule has 5 nitrogen and oxygen atoms in total. The first-order valence-corrected chi connectivity index (χ1v) is 8.14. The first-order valence-electron chi connectivity index (χ1n) is 8.14. The number of carbonyl (C=O) groups excluding carboxylic acids is 1. The average Bonchev–Trinajstić information content (AvgIpc) is 2.66. The second kappa shape index (κ2) is 7.07. The van der Waals surface area contributed by atoms with Crippen LogP contribution in [0.4, 0.5) is 11.4 Å². The van der Waals surface area contributed by atoms with E-state index in [0.717, 1.165) is 23.5 Å². The van der Waals surface area contributed by atoms with Crippen molar-refractivity contribution in [2.24, 2.45) is 5.92 Å². The molecule has 0 bridgehead atoms. The fourth-order valence-corrected chi connectivity index (χ4v) is 3.06. The molecule has 0 aliphatic carbocycles. The van der Waals surface area contributed by atoms with E-state index in [2.05, 4.69) is 17.0 Å². The highest BCUT2D eigenvalue weighted by molar-refractivity contribution is 6.00. The third kappa shape index (κ3) is 3.32. The summed E-state index contributed by atoms with van der Waals surface area (Å²) >= 11 is 0. The number of para-hydroxylation sites is 2. The van der Waals surface area contributed by atoms with Gasteiger partial charge >= 0.3 is 0 Å². The van der Waals surface area contributed by atoms with Crippen LogP contribution < -0.4 is 9.80 Å². The number of nitrogens with zero attached hydrogens (tertiary/aromatic N) is 4. The zero-order chi connectivity index (χ0) is 17.8. The van der Waals surface area contributed by atoms with Crippen molar-refractivity contribution in [2.45, 2.75) is 6.42 Å². The minimum absolute atomic E-state index is 0.174. The normalized spacial score (nSPS) is 14.2. The molecule has 0 spiro atoms. The molecule has 0 fully saturated rings. The lowest BCUT2D eigenvalue weighted by atomic mass is 9.97. The number of anilines is 2. The second-order valence-electron chi connectivity index (χ2n) is 6.09. The van der Waals surface area contributed by atoms with Gasteiger partial charge in [0, 0.05) is 20.1 Å². The van der Waals surface area contributed by atoms with Crippen molar-refractivity contribution in [3.63, 3.8) is 0 Å². The number of benzene rings is 2. The molecule has 0 saturated heterocycles. The van der Waals surface area contributed by atoms with E-state index in [9.17, 15) is 10.1 Å². The highest BCUT2D eigenvalue weighted by atomic mass is 16.2. The Morgan fingerprint density at radius 1 is 1.08 bits per heavy atom. The Morgan fingerprint density at radius 2 is 1.76 bits per heavy atom. The van der Waals surface area contributed by atoms with Gasteiger partial charge in [0.15, 0.2) is 0 Å². The Morgan fingerprint density at radius 3 is 2.40 bits per heavy atom. The van der Waals surface area contributed by atoms with Gasteiger partial charge in [-0.3, -0.25) is 4.79 Å². The van der Waals surface area contributed by atoms with Gasteiger partial charge in [-0.05, 0) is 36.2 Å². The van der Waals surface area contributed by atoms with Crippen LogP contribution in [0.2, 0.25) is 0 Å². The molecular weight excluding hydrogens is 312 g/mol. The fourth-order valence-electron chi connectivity index (χ4n) is 3.06. The molecule has 0 aromatic heterocycles. The largest absolute Gasteiger partial charge is 0.371 e. The van der Waals surface area contributed by atoms with Crippen LogP contribution in [-0.4, -0.2) is 26.0 Å². The monoisotopic (exact) mass is 330 g/mol. The SMILES string of the molecule is CN1CCN(C(=O)C(C#N)Cc2ccc(C#N)cc2)c2ccccc21. The number of hydrogen-bond donors (Lipinski definition) is 0. The Kier molecular flexibility index (Phi) is 4.68. The molecule has 1 aliphatic rings. The fraction of sp³-hybridized carbons (Fsp3) is 0.250. The summed E-state index contributed by atoms with van der Waals surface area (Å²) in [6.45, 7) is 1.30. The molecule has 0 N–H and O–H groups in total. The van der Waals surface area contributed by atoms with Crippen molar-refractivity contribution in [3.05, 3.63) is 59.7 Å². The topological polar surface area (TPSA) is 71.1 Å². The molecular formula is C20H18N4O. The lowest BCUT2D eigenvalue weighted by Gasteiger charge is -2.36. The van der Waals surface area contributed by atoms with Crippen LogP contribution in [0.3, 0.4) is 0 Å². The van der Waals surface area contributed by atoms with Crippen molar-refractivity contribution in [3.8, 4) is 12.1 Å². The molecule has 25 heavy (non-hydrogen) atoms. The molecule has 1 heterocycles. The zero-order valence-corrected chi connectivity index (χ0v) is 14.0. The van der Waals surface area contributed by atoms with Gasteiger partial charge in [-0.25, -0.2) is 0 Å². The van der Waals surface area contributed by atoms with E-state index in [0.29, 0.717) is 18.5 Å². The second-order valence-corrected chi connectivity index (χ2v) is 6.09. The smallest absolute Gasteiger partial charge is 0.244 e. The van der Waals surface area contributed by atoms with Crippen LogP contribution in [-0.2, 0) is 11.2 Å². The number of fused-ring (bicyclic) bond motifs is 1. The van der Waals surface area contributed by atoms with Gasteiger partial charge in [0.25, 0.3) is 0 Å². The van der Waals surface area contributed by atoms with Crippen molar-refractivity contribution in [1.29, 1.82) is 10.5 Å². The maximum atomic E-state index is 13.0. The van der Waals surface area contributed by atoms with Gasteiger partial charge in [0.2, 0.25) is 5.91 Å². The summed E-state index contributed by atoms with van der Waals surface area (Å²) < 4.78 is 0. The van der Waals surface area contributed by atoms with Crippen LogP contribution >= 0.6 is 0 Å². The van der Waals surface area contributed by atoms with E-state index in [1.807, 2.05) is 31.3 Å². The van der Waals surface area contributed by atoms with Crippen molar-refractivity contribution in [1.82, 2.24) is 0 Å². The van der Waals surface area contributed by atoms with Gasteiger partial charge in [0.05, 0.1) is 29.1 Å². The summed E-state index contributed by atoms with van der Waals surface area (Å²) in [4.78, 5) is 16.8. The van der Waals surface area contributed by atoms with E-state index in [4.69, 9.17) is 5.26 Å². The van der Waals surface area contributed by atoms with Gasteiger partial charge in [0.1, 0.15) is 5.92 Å². The maximum Gasteiger partial charge on any atom is 0.244 e. The Hall–Kier alpha value is -3.31. The van der Waals surface area contributed by atoms with Crippen LogP contribution in [0.15, 0.2) is 48.5 Å². The van der Waals surface area contributed by atoms with Crippen LogP contribution in [0.5, 0.6) is 0 Å². The molecule has 2 aromatic rings. The predicted molar refractivity (Wildman–Crippen MR) is 96.0 cm³/mol. The molecule has 124 valence electrons. The van der Waals surface area contributed by atoms with Gasteiger partial charge in [-0.1, -0.05) is 24.3 Å². The van der Waals surface area contributed by atoms with Crippen molar-refractivity contribution < 1.29 is 4.79 Å². The third-order valence-corrected chi connectivity index (χ3v) is 4.49. The molecule has 5 heteroatoms. The lowest BCUT2D eigenvalue weighted by Crippen LogP contribution is -2.45. The summed E-state index contributed by atoms with van der Waals surface area (Å²) in [7, 11) is 2.00. The molecule has 2 aromatic carbocycles. The van der Waals surface area contributed by atoms with E-state index < -0.39 is 5.92 Å². The summed E-state index contributed by atoms with van der Waals surface area (Å²) in [6.07, 6.45) is 0.343. The van der Waals surface area contributed by atoms with E-state index in [-0.39, 0.29) is 5.91 Å². The van der Waals surface area contributed by atoms with Crippen LogP contribution in [0.1, 0.15) is 11.1 Å². The minimum atomic E-state index is -0.746. The van der Waals surface area contributed by atoms with Crippen molar-refractivity contribution >= 4 is 17.3 Å². The number of rotatable bonds is 3. The van der Waals surface area contributed by atoms with Gasteiger partial charge < -0.3 is 9.80 Å². The molecule has 1 aliphatic heterocycles. The van der Waals surface area contributed by atoms with Crippen LogP contribution in [0, 0.1) is 28.6 Å². The summed E-state index contributed by atoms with van der Waals surface area (Å²) in [5.41, 5.74) is 3.29. The number of amides is 1. The summed E-state index contributed by atoms with van der Waals surface area (Å²) in [5.74, 6) is -0.920. The Bertz CT molecular complexity index is 861. The molecule has 0 saturated carbocycles. The third-order valence-electron chi connectivity index (χ3n) is 4.49. The maximum absolute atomic E-state index is 13.0. The predicted octanol–water partition coefficient (Wildman–Crippen LogP) is 2.72. The highest BCUT2D eigenvalue weighted by Crippen LogP contribution is 2.32. The van der Waals surface area contributed by atoms with E-state index in [1.54, 1.807) is 29.2 Å². The summed E-state index contributed by atoms with van der Waals surface area (Å²) in [5, 5.41) is 18.4. The zero-order valence-electron chi connectivity index (χ0n) is 14.0. The lowest BCUT2D eigenvalue weighted by molar-refractivity contribution is -0.120. The van der Waals surface area contributed by atoms with Crippen LogP contribution in [0.25, 0.3) is 0 Å².